The number of benzene rings is 1. The summed E-state index contributed by atoms with van der Waals surface area (Å²) in [5.74, 6) is -6.07. The average molecular weight is 781 g/mol. The van der Waals surface area contributed by atoms with Crippen molar-refractivity contribution >= 4 is 47.3 Å². The Balaban J connectivity index is 1.79. The van der Waals surface area contributed by atoms with Crippen LogP contribution in [0.2, 0.25) is 0 Å². The number of hydrogen-bond donors (Lipinski definition) is 6. The Morgan fingerprint density at radius 1 is 0.679 bits per heavy atom. The number of rotatable bonds is 9. The molecule has 4 rings (SSSR count). The zero-order chi connectivity index (χ0) is 41.3. The zero-order valence-electron chi connectivity index (χ0n) is 33.5. The molecule has 8 amide bonds. The van der Waals surface area contributed by atoms with Crippen molar-refractivity contribution in [3.8, 4) is 0 Å². The second kappa shape index (κ2) is 19.7. The Hall–Kier alpha value is -5.02. The van der Waals surface area contributed by atoms with Crippen LogP contribution in [0.3, 0.4) is 0 Å². The van der Waals surface area contributed by atoms with Crippen molar-refractivity contribution in [2.75, 3.05) is 13.1 Å². The van der Waals surface area contributed by atoms with Gasteiger partial charge in [0.05, 0.1) is 6.42 Å². The number of hydrogen-bond acceptors (Lipinski definition) is 8. The fourth-order valence-corrected chi connectivity index (χ4v) is 7.69. The molecule has 7 N–H and O–H groups in total. The number of nitrogens with two attached hydrogens (primary N) is 1. The number of carbonyl (C=O) groups is 8. The molecule has 8 atom stereocenters. The van der Waals surface area contributed by atoms with Crippen LogP contribution in [-0.4, -0.2) is 112 Å². The molecule has 3 saturated heterocycles. The van der Waals surface area contributed by atoms with Gasteiger partial charge in [0.15, 0.2) is 0 Å². The van der Waals surface area contributed by atoms with Crippen LogP contribution in [0.1, 0.15) is 92.1 Å². The molecule has 0 saturated carbocycles. The summed E-state index contributed by atoms with van der Waals surface area (Å²) in [7, 11) is 0. The maximum Gasteiger partial charge on any atom is 0.246 e. The van der Waals surface area contributed by atoms with E-state index in [9.17, 15) is 38.4 Å². The molecule has 308 valence electrons. The second-order valence-corrected chi connectivity index (χ2v) is 16.2. The summed E-state index contributed by atoms with van der Waals surface area (Å²) in [6, 6.07) is 1.17. The predicted octanol–water partition coefficient (Wildman–Crippen LogP) is 0.272. The molecule has 0 spiro atoms. The highest BCUT2D eigenvalue weighted by molar-refractivity contribution is 6.00. The molecule has 0 radical (unpaired) electrons. The Morgan fingerprint density at radius 2 is 1.18 bits per heavy atom. The number of amides is 8. The third-order valence-corrected chi connectivity index (χ3v) is 11.0. The van der Waals surface area contributed by atoms with E-state index in [0.717, 1.165) is 5.56 Å². The fourth-order valence-electron chi connectivity index (χ4n) is 7.69. The Bertz CT molecular complexity index is 1620. The maximum absolute atomic E-state index is 14.3. The van der Waals surface area contributed by atoms with Crippen LogP contribution in [0.4, 0.5) is 0 Å². The van der Waals surface area contributed by atoms with Crippen LogP contribution in [0.5, 0.6) is 0 Å². The van der Waals surface area contributed by atoms with E-state index in [1.165, 1.54) is 9.80 Å². The SMILES string of the molecule is CC[C@H](C)[C@@H]1NC(=O)[C@@H](Cc2ccccc2)NC(=O)[C@@H]2CCCN2C(=O)[C@@H](CC(N)=O)NC(=O)[C@H](C(C)C)NC(=O)[C@@H]2CCCN2C(=O)[C@@H](CC(C)C)NC1=O. The van der Waals surface area contributed by atoms with Gasteiger partial charge < -0.3 is 42.1 Å². The lowest BCUT2D eigenvalue weighted by molar-refractivity contribution is -0.144. The van der Waals surface area contributed by atoms with Crippen molar-refractivity contribution in [3.63, 3.8) is 0 Å². The van der Waals surface area contributed by atoms with Crippen LogP contribution < -0.4 is 32.3 Å². The predicted molar refractivity (Wildman–Crippen MR) is 207 cm³/mol. The Kier molecular flexibility index (Phi) is 15.4. The standard InChI is InChI=1S/C40H60N8O8/c1-7-24(6)33-38(54)43-27(19-22(2)3)39(55)48-18-12-16-30(48)36(52)45-32(23(4)5)37(53)44-28(21-31(41)49)40(56)47-17-11-15-29(47)35(51)42-26(34(50)46-33)20-25-13-9-8-10-14-25/h8-10,13-14,22-24,26-30,32-33H,7,11-12,15-21H2,1-6H3,(H2,41,49)(H,42,51)(H,43,54)(H,44,53)(H,45,52)(H,46,50)/t24-,26+,27+,28+,29-,30-,32-,33-/m0/s1. The van der Waals surface area contributed by atoms with Gasteiger partial charge in [0.2, 0.25) is 47.3 Å². The van der Waals surface area contributed by atoms with Gasteiger partial charge in [-0.25, -0.2) is 0 Å². The van der Waals surface area contributed by atoms with E-state index in [1.54, 1.807) is 38.1 Å². The molecular formula is C40H60N8O8. The number of nitrogens with one attached hydrogen (secondary N) is 5. The molecule has 3 aliphatic heterocycles. The molecule has 3 aliphatic rings. The van der Waals surface area contributed by atoms with Gasteiger partial charge in [-0.3, -0.25) is 38.4 Å². The summed E-state index contributed by atoms with van der Waals surface area (Å²) in [6.45, 7) is 11.3. The molecule has 0 unspecified atom stereocenters. The molecule has 1 aromatic carbocycles. The van der Waals surface area contributed by atoms with Crippen molar-refractivity contribution in [2.24, 2.45) is 23.5 Å². The fraction of sp³-hybridized carbons (Fsp3) is 0.650. The van der Waals surface area contributed by atoms with E-state index in [-0.39, 0.29) is 44.2 Å². The third-order valence-electron chi connectivity index (χ3n) is 11.0. The van der Waals surface area contributed by atoms with E-state index < -0.39 is 102 Å². The van der Waals surface area contributed by atoms with E-state index in [0.29, 0.717) is 25.7 Å². The van der Waals surface area contributed by atoms with Gasteiger partial charge in [-0.05, 0) is 55.4 Å². The first kappa shape index (κ1) is 43.7. The highest BCUT2D eigenvalue weighted by Gasteiger charge is 2.43. The quantitative estimate of drug-likeness (QED) is 0.203. The summed E-state index contributed by atoms with van der Waals surface area (Å²) in [5, 5.41) is 14.0. The van der Waals surface area contributed by atoms with Crippen LogP contribution in [0.25, 0.3) is 0 Å². The minimum Gasteiger partial charge on any atom is -0.370 e. The Morgan fingerprint density at radius 3 is 1.71 bits per heavy atom. The molecule has 1 aromatic rings. The number of nitrogens with zero attached hydrogens (tertiary/aromatic N) is 2. The molecule has 3 fully saturated rings. The number of fused-ring (bicyclic) bond motifs is 2. The van der Waals surface area contributed by atoms with Gasteiger partial charge in [0, 0.05) is 19.5 Å². The van der Waals surface area contributed by atoms with Gasteiger partial charge in [0.1, 0.15) is 42.3 Å². The number of primary amides is 1. The smallest absolute Gasteiger partial charge is 0.246 e. The summed E-state index contributed by atoms with van der Waals surface area (Å²) in [4.78, 5) is 113. The highest BCUT2D eigenvalue weighted by Crippen LogP contribution is 2.23. The highest BCUT2D eigenvalue weighted by atomic mass is 16.2. The van der Waals surface area contributed by atoms with Crippen LogP contribution in [-0.2, 0) is 44.8 Å². The molecular weight excluding hydrogens is 720 g/mol. The van der Waals surface area contributed by atoms with Gasteiger partial charge >= 0.3 is 0 Å². The monoisotopic (exact) mass is 780 g/mol. The lowest BCUT2D eigenvalue weighted by atomic mass is 9.95. The van der Waals surface area contributed by atoms with Crippen LogP contribution in [0, 0.1) is 17.8 Å². The lowest BCUT2D eigenvalue weighted by Gasteiger charge is -2.32. The van der Waals surface area contributed by atoms with Crippen molar-refractivity contribution < 1.29 is 38.4 Å². The first-order valence-corrected chi connectivity index (χ1v) is 20.0. The third kappa shape index (κ3) is 11.1. The molecule has 0 aromatic heterocycles. The molecule has 16 nitrogen and oxygen atoms in total. The molecule has 56 heavy (non-hydrogen) atoms. The van der Waals surface area contributed by atoms with Crippen molar-refractivity contribution in [1.29, 1.82) is 0 Å². The van der Waals surface area contributed by atoms with Gasteiger partial charge in [-0.2, -0.15) is 0 Å². The largest absolute Gasteiger partial charge is 0.370 e. The first-order valence-electron chi connectivity index (χ1n) is 20.0. The van der Waals surface area contributed by atoms with Crippen molar-refractivity contribution in [1.82, 2.24) is 36.4 Å². The Labute approximate surface area is 329 Å². The van der Waals surface area contributed by atoms with E-state index in [4.69, 9.17) is 5.73 Å². The van der Waals surface area contributed by atoms with Gasteiger partial charge in [-0.1, -0.05) is 78.3 Å². The minimum atomic E-state index is -1.45. The minimum absolute atomic E-state index is 0.0315. The summed E-state index contributed by atoms with van der Waals surface area (Å²) < 4.78 is 0. The molecule has 16 heteroatoms. The molecule has 0 bridgehead atoms. The van der Waals surface area contributed by atoms with Crippen molar-refractivity contribution in [2.45, 2.75) is 135 Å². The van der Waals surface area contributed by atoms with Crippen LogP contribution in [0.15, 0.2) is 30.3 Å². The van der Waals surface area contributed by atoms with E-state index in [2.05, 4.69) is 26.6 Å². The first-order chi connectivity index (χ1) is 26.5. The van der Waals surface area contributed by atoms with Gasteiger partial charge in [0.25, 0.3) is 0 Å². The van der Waals surface area contributed by atoms with E-state index in [1.807, 2.05) is 33.8 Å². The molecule has 0 aliphatic carbocycles. The van der Waals surface area contributed by atoms with Gasteiger partial charge in [-0.15, -0.1) is 0 Å². The normalized spacial score (nSPS) is 28.1. The molecule has 3 heterocycles. The second-order valence-electron chi connectivity index (χ2n) is 16.2. The number of carbonyl (C=O) groups excluding carboxylic acids is 8. The summed E-state index contributed by atoms with van der Waals surface area (Å²) in [6.07, 6.45) is 1.78. The average Bonchev–Trinajstić information content (AvgIpc) is 3.85. The van der Waals surface area contributed by atoms with Crippen molar-refractivity contribution in [3.05, 3.63) is 35.9 Å². The van der Waals surface area contributed by atoms with Crippen LogP contribution >= 0.6 is 0 Å². The topological polar surface area (TPSA) is 229 Å². The lowest BCUT2D eigenvalue weighted by Crippen LogP contribution is -2.61. The van der Waals surface area contributed by atoms with E-state index >= 15 is 0 Å². The maximum atomic E-state index is 14.3. The zero-order valence-corrected chi connectivity index (χ0v) is 33.5. The summed E-state index contributed by atoms with van der Waals surface area (Å²) >= 11 is 0. The summed E-state index contributed by atoms with van der Waals surface area (Å²) in [5.41, 5.74) is 6.27.